The molecule has 2 fully saturated rings. The second-order valence-electron chi connectivity index (χ2n) is 11.1. The van der Waals surface area contributed by atoms with Crippen LogP contribution >= 0.6 is 0 Å². The summed E-state index contributed by atoms with van der Waals surface area (Å²) in [6.07, 6.45) is 4.35. The van der Waals surface area contributed by atoms with Gasteiger partial charge in [-0.2, -0.15) is 0 Å². The molecule has 1 aromatic carbocycles. The molecule has 3 aliphatic heterocycles. The van der Waals surface area contributed by atoms with E-state index in [1.54, 1.807) is 0 Å². The van der Waals surface area contributed by atoms with E-state index in [1.165, 1.54) is 25.1 Å². The molecule has 1 N–H and O–H groups in total. The van der Waals surface area contributed by atoms with E-state index in [4.69, 9.17) is 9.73 Å². The number of carbonyl (C=O) groups is 1. The summed E-state index contributed by atoms with van der Waals surface area (Å²) in [6, 6.07) is 8.52. The van der Waals surface area contributed by atoms with Crippen molar-refractivity contribution < 1.29 is 9.53 Å². The van der Waals surface area contributed by atoms with Crippen molar-refractivity contribution >= 4 is 11.8 Å². The molecule has 4 rings (SSSR count). The zero-order valence-electron chi connectivity index (χ0n) is 21.6. The van der Waals surface area contributed by atoms with Crippen molar-refractivity contribution in [2.45, 2.75) is 65.5 Å². The first-order valence-corrected chi connectivity index (χ1v) is 13.4. The van der Waals surface area contributed by atoms with E-state index in [2.05, 4.69) is 67.1 Å². The Morgan fingerprint density at radius 1 is 1.06 bits per heavy atom. The average molecular weight is 469 g/mol. The highest BCUT2D eigenvalue weighted by Gasteiger charge is 2.32. The molecule has 6 nitrogen and oxygen atoms in total. The van der Waals surface area contributed by atoms with Crippen LogP contribution < -0.4 is 5.32 Å². The molecule has 0 radical (unpaired) electrons. The fourth-order valence-electron chi connectivity index (χ4n) is 5.84. The number of aliphatic imine (C=N–C) groups is 1. The van der Waals surface area contributed by atoms with Gasteiger partial charge in [-0.05, 0) is 83.1 Å². The first-order chi connectivity index (χ1) is 16.4. The molecule has 6 heteroatoms. The van der Waals surface area contributed by atoms with Crippen molar-refractivity contribution in [3.8, 4) is 0 Å². The molecule has 0 bridgehead atoms. The molecule has 2 unspecified atom stereocenters. The number of likely N-dealkylation sites (tertiary alicyclic amines) is 2. The number of amides is 1. The lowest BCUT2D eigenvalue weighted by atomic mass is 9.92. The maximum Gasteiger partial charge on any atom is 0.223 e. The van der Waals surface area contributed by atoms with E-state index in [0.29, 0.717) is 0 Å². The Labute approximate surface area is 206 Å². The van der Waals surface area contributed by atoms with Gasteiger partial charge in [0.15, 0.2) is 0 Å². The van der Waals surface area contributed by atoms with E-state index in [1.807, 2.05) is 0 Å². The van der Waals surface area contributed by atoms with Crippen LogP contribution in [0.4, 0.5) is 0 Å². The summed E-state index contributed by atoms with van der Waals surface area (Å²) in [4.78, 5) is 22.6. The number of aryl methyl sites for hydroxylation is 1. The lowest BCUT2D eigenvalue weighted by Crippen LogP contribution is -2.44. The van der Waals surface area contributed by atoms with Crippen LogP contribution in [0.1, 0.15) is 57.6 Å². The fourth-order valence-corrected chi connectivity index (χ4v) is 5.84. The number of hydrogen-bond donors (Lipinski definition) is 1. The molecule has 1 aromatic rings. The first-order valence-electron chi connectivity index (χ1n) is 13.4. The average Bonchev–Trinajstić information content (AvgIpc) is 3.17. The largest absolute Gasteiger partial charge is 0.472 e. The second kappa shape index (κ2) is 11.7. The quantitative estimate of drug-likeness (QED) is 0.591. The van der Waals surface area contributed by atoms with E-state index in [9.17, 15) is 4.79 Å². The van der Waals surface area contributed by atoms with E-state index < -0.39 is 0 Å². The van der Waals surface area contributed by atoms with Gasteiger partial charge in [0.05, 0.1) is 0 Å². The number of carbonyl (C=O) groups excluding carboxylic acids is 1. The smallest absolute Gasteiger partial charge is 0.223 e. The summed E-state index contributed by atoms with van der Waals surface area (Å²) < 4.78 is 6.07. The summed E-state index contributed by atoms with van der Waals surface area (Å²) in [7, 11) is 0. The van der Waals surface area contributed by atoms with Crippen molar-refractivity contribution in [1.29, 1.82) is 0 Å². The molecular formula is C28H44N4O2. The van der Waals surface area contributed by atoms with Crippen LogP contribution in [0.3, 0.4) is 0 Å². The molecule has 3 aliphatic rings. The maximum absolute atomic E-state index is 12.7. The number of nitrogens with one attached hydrogen (secondary N) is 1. The SMILES string of the molecule is Cc1ccc(C2=NC(CN3CCC(C(=O)NCCCN4C[C@H](C)C[C@H](C)C4)CC3)C(C)O2)cc1. The van der Waals surface area contributed by atoms with Gasteiger partial charge in [-0.1, -0.05) is 31.5 Å². The van der Waals surface area contributed by atoms with Gasteiger partial charge in [0.25, 0.3) is 0 Å². The number of hydrogen-bond acceptors (Lipinski definition) is 5. The normalized spacial score (nSPS) is 29.0. The van der Waals surface area contributed by atoms with Gasteiger partial charge in [-0.3, -0.25) is 4.79 Å². The molecule has 3 heterocycles. The Kier molecular flexibility index (Phi) is 8.65. The molecule has 0 aromatic heterocycles. The standard InChI is InChI=1S/C28H44N4O2/c1-20-6-8-25(9-7-20)28-30-26(23(4)34-28)19-31-14-10-24(11-15-31)27(33)29-12-5-13-32-17-21(2)16-22(3)18-32/h6-9,21-24,26H,5,10-19H2,1-4H3,(H,29,33)/t21-,22+,23?,26?. The summed E-state index contributed by atoms with van der Waals surface area (Å²) in [5.74, 6) is 2.75. The third kappa shape index (κ3) is 6.82. The Morgan fingerprint density at radius 3 is 2.41 bits per heavy atom. The zero-order chi connectivity index (χ0) is 24.1. The van der Waals surface area contributed by atoms with Crippen molar-refractivity contribution in [2.75, 3.05) is 45.8 Å². The Balaban J connectivity index is 1.15. The number of ether oxygens (including phenoxy) is 1. The minimum Gasteiger partial charge on any atom is -0.472 e. The minimum absolute atomic E-state index is 0.0863. The van der Waals surface area contributed by atoms with Gasteiger partial charge in [0.1, 0.15) is 12.1 Å². The van der Waals surface area contributed by atoms with Crippen LogP contribution in [0.25, 0.3) is 0 Å². The second-order valence-corrected chi connectivity index (χ2v) is 11.1. The Morgan fingerprint density at radius 2 is 1.74 bits per heavy atom. The van der Waals surface area contributed by atoms with Gasteiger partial charge < -0.3 is 19.9 Å². The summed E-state index contributed by atoms with van der Waals surface area (Å²) in [5, 5.41) is 3.21. The van der Waals surface area contributed by atoms with Crippen LogP contribution in [0.2, 0.25) is 0 Å². The molecule has 34 heavy (non-hydrogen) atoms. The highest BCUT2D eigenvalue weighted by Crippen LogP contribution is 2.23. The zero-order valence-corrected chi connectivity index (χ0v) is 21.6. The number of nitrogens with zero attached hydrogens (tertiary/aromatic N) is 3. The van der Waals surface area contributed by atoms with Gasteiger partial charge in [-0.25, -0.2) is 4.99 Å². The van der Waals surface area contributed by atoms with Crippen molar-refractivity contribution in [3.05, 3.63) is 35.4 Å². The molecule has 0 spiro atoms. The van der Waals surface area contributed by atoms with Gasteiger partial charge >= 0.3 is 0 Å². The molecule has 4 atom stereocenters. The summed E-state index contributed by atoms with van der Waals surface area (Å²) >= 11 is 0. The van der Waals surface area contributed by atoms with Crippen LogP contribution in [0, 0.1) is 24.7 Å². The van der Waals surface area contributed by atoms with E-state index in [0.717, 1.165) is 75.3 Å². The summed E-state index contributed by atoms with van der Waals surface area (Å²) in [5.41, 5.74) is 2.30. The first kappa shape index (κ1) is 25.2. The van der Waals surface area contributed by atoms with Crippen molar-refractivity contribution in [1.82, 2.24) is 15.1 Å². The number of rotatable bonds is 8. The third-order valence-corrected chi connectivity index (χ3v) is 7.72. The molecule has 0 aliphatic carbocycles. The predicted molar refractivity (Wildman–Crippen MR) is 138 cm³/mol. The van der Waals surface area contributed by atoms with Crippen LogP contribution in [0.5, 0.6) is 0 Å². The van der Waals surface area contributed by atoms with Crippen LogP contribution in [0.15, 0.2) is 29.3 Å². The van der Waals surface area contributed by atoms with Crippen molar-refractivity contribution in [2.24, 2.45) is 22.7 Å². The Bertz CT molecular complexity index is 821. The van der Waals surface area contributed by atoms with Gasteiger partial charge in [0.2, 0.25) is 11.8 Å². The van der Waals surface area contributed by atoms with E-state index in [-0.39, 0.29) is 24.0 Å². The number of piperidine rings is 2. The third-order valence-electron chi connectivity index (χ3n) is 7.72. The minimum atomic E-state index is 0.0863. The maximum atomic E-state index is 12.7. The lowest BCUT2D eigenvalue weighted by Gasteiger charge is -2.35. The van der Waals surface area contributed by atoms with Gasteiger partial charge in [-0.15, -0.1) is 0 Å². The predicted octanol–water partition coefficient (Wildman–Crippen LogP) is 3.73. The molecule has 1 amide bonds. The molecule has 2 saturated heterocycles. The summed E-state index contributed by atoms with van der Waals surface area (Å²) in [6.45, 7) is 16.0. The molecule has 0 saturated carbocycles. The number of benzene rings is 1. The highest BCUT2D eigenvalue weighted by molar-refractivity contribution is 5.95. The molecular weight excluding hydrogens is 424 g/mol. The van der Waals surface area contributed by atoms with Crippen LogP contribution in [-0.4, -0.2) is 79.6 Å². The lowest BCUT2D eigenvalue weighted by molar-refractivity contribution is -0.126. The fraction of sp³-hybridized carbons (Fsp3) is 0.714. The van der Waals surface area contributed by atoms with Gasteiger partial charge in [0, 0.05) is 37.7 Å². The van der Waals surface area contributed by atoms with E-state index >= 15 is 0 Å². The molecule has 188 valence electrons. The monoisotopic (exact) mass is 468 g/mol. The topological polar surface area (TPSA) is 57.2 Å². The Hall–Kier alpha value is -1.92. The highest BCUT2D eigenvalue weighted by atomic mass is 16.5. The van der Waals surface area contributed by atoms with Crippen molar-refractivity contribution in [3.63, 3.8) is 0 Å². The van der Waals surface area contributed by atoms with Crippen LogP contribution in [-0.2, 0) is 9.53 Å².